The number of hydrogen-bond donors (Lipinski definition) is 2. The number of para-hydroxylation sites is 1. The quantitative estimate of drug-likeness (QED) is 0.874. The topological polar surface area (TPSA) is 94.2 Å². The SMILES string of the molecule is Cn1cc(Br)cc1C(=O)Nc1ccccc1S(N)(=O)=O. The number of amides is 1. The van der Waals surface area contributed by atoms with Gasteiger partial charge in [-0.05, 0) is 34.1 Å². The fourth-order valence-corrected chi connectivity index (χ4v) is 2.97. The van der Waals surface area contributed by atoms with E-state index in [1.165, 1.54) is 18.2 Å². The Labute approximate surface area is 124 Å². The summed E-state index contributed by atoms with van der Waals surface area (Å²) < 4.78 is 25.3. The molecule has 2 rings (SSSR count). The van der Waals surface area contributed by atoms with Gasteiger partial charge in [-0.25, -0.2) is 13.6 Å². The van der Waals surface area contributed by atoms with Crippen LogP contribution in [0.3, 0.4) is 0 Å². The summed E-state index contributed by atoms with van der Waals surface area (Å²) in [6.07, 6.45) is 1.72. The van der Waals surface area contributed by atoms with E-state index in [1.54, 1.807) is 29.9 Å². The van der Waals surface area contributed by atoms with Crippen molar-refractivity contribution in [2.75, 3.05) is 5.32 Å². The lowest BCUT2D eigenvalue weighted by Crippen LogP contribution is -2.19. The van der Waals surface area contributed by atoms with Gasteiger partial charge in [0, 0.05) is 17.7 Å². The van der Waals surface area contributed by atoms with E-state index in [2.05, 4.69) is 21.2 Å². The number of nitrogens with two attached hydrogens (primary N) is 1. The highest BCUT2D eigenvalue weighted by Crippen LogP contribution is 2.21. The molecule has 1 heterocycles. The van der Waals surface area contributed by atoms with E-state index in [1.807, 2.05) is 0 Å². The third kappa shape index (κ3) is 3.09. The summed E-state index contributed by atoms with van der Waals surface area (Å²) in [5.74, 6) is -0.422. The summed E-state index contributed by atoms with van der Waals surface area (Å²) in [4.78, 5) is 12.0. The zero-order chi connectivity index (χ0) is 14.9. The molecular formula is C12H12BrN3O3S. The predicted octanol–water partition coefficient (Wildman–Crippen LogP) is 1.69. The zero-order valence-corrected chi connectivity index (χ0v) is 12.9. The van der Waals surface area contributed by atoms with Crippen molar-refractivity contribution in [3.05, 3.63) is 46.7 Å². The molecule has 0 aliphatic rings. The summed E-state index contributed by atoms with van der Waals surface area (Å²) >= 11 is 3.27. The molecule has 0 radical (unpaired) electrons. The number of nitrogens with one attached hydrogen (secondary N) is 1. The molecule has 106 valence electrons. The molecule has 6 nitrogen and oxygen atoms in total. The minimum atomic E-state index is -3.90. The monoisotopic (exact) mass is 357 g/mol. The van der Waals surface area contributed by atoms with Crippen molar-refractivity contribution < 1.29 is 13.2 Å². The van der Waals surface area contributed by atoms with Gasteiger partial charge in [-0.3, -0.25) is 4.79 Å². The zero-order valence-electron chi connectivity index (χ0n) is 10.5. The van der Waals surface area contributed by atoms with Gasteiger partial charge in [-0.1, -0.05) is 12.1 Å². The second kappa shape index (κ2) is 5.39. The molecule has 0 saturated carbocycles. The fraction of sp³-hybridized carbons (Fsp3) is 0.0833. The number of aryl methyl sites for hydroxylation is 1. The molecule has 8 heteroatoms. The summed E-state index contributed by atoms with van der Waals surface area (Å²) in [6, 6.07) is 7.61. The molecule has 0 saturated heterocycles. The molecule has 0 aliphatic heterocycles. The van der Waals surface area contributed by atoms with Gasteiger partial charge in [0.05, 0.1) is 5.69 Å². The molecule has 0 atom stereocenters. The Bertz CT molecular complexity index is 768. The van der Waals surface area contributed by atoms with Gasteiger partial charge in [-0.15, -0.1) is 0 Å². The van der Waals surface area contributed by atoms with Gasteiger partial charge in [-0.2, -0.15) is 0 Å². The van der Waals surface area contributed by atoms with Crippen molar-refractivity contribution in [1.29, 1.82) is 0 Å². The number of halogens is 1. The van der Waals surface area contributed by atoms with Gasteiger partial charge < -0.3 is 9.88 Å². The molecule has 0 unspecified atom stereocenters. The Hall–Kier alpha value is -1.64. The molecule has 1 aromatic carbocycles. The summed E-state index contributed by atoms with van der Waals surface area (Å²) in [6.45, 7) is 0. The van der Waals surface area contributed by atoms with Gasteiger partial charge in [0.25, 0.3) is 5.91 Å². The highest BCUT2D eigenvalue weighted by atomic mass is 79.9. The Balaban J connectivity index is 2.36. The van der Waals surface area contributed by atoms with Crippen LogP contribution in [0, 0.1) is 0 Å². The first-order valence-corrected chi connectivity index (χ1v) is 7.88. The van der Waals surface area contributed by atoms with Crippen LogP contribution in [0.5, 0.6) is 0 Å². The number of rotatable bonds is 3. The van der Waals surface area contributed by atoms with E-state index in [0.29, 0.717) is 5.69 Å². The first kappa shape index (κ1) is 14.8. The number of carbonyl (C=O) groups is 1. The normalized spacial score (nSPS) is 11.3. The van der Waals surface area contributed by atoms with Crippen molar-refractivity contribution in [2.45, 2.75) is 4.90 Å². The van der Waals surface area contributed by atoms with E-state index in [4.69, 9.17) is 5.14 Å². The second-order valence-electron chi connectivity index (χ2n) is 4.15. The maximum absolute atomic E-state index is 12.1. The average molecular weight is 358 g/mol. The lowest BCUT2D eigenvalue weighted by molar-refractivity contribution is 0.101. The fourth-order valence-electron chi connectivity index (χ4n) is 1.75. The lowest BCUT2D eigenvalue weighted by atomic mass is 10.3. The minimum Gasteiger partial charge on any atom is -0.345 e. The smallest absolute Gasteiger partial charge is 0.272 e. The van der Waals surface area contributed by atoms with Crippen molar-refractivity contribution in [3.8, 4) is 0 Å². The molecule has 0 bridgehead atoms. The minimum absolute atomic E-state index is 0.123. The van der Waals surface area contributed by atoms with Crippen LogP contribution in [0.25, 0.3) is 0 Å². The van der Waals surface area contributed by atoms with E-state index in [-0.39, 0.29) is 10.6 Å². The van der Waals surface area contributed by atoms with Gasteiger partial charge in [0.2, 0.25) is 10.0 Å². The molecule has 0 spiro atoms. The van der Waals surface area contributed by atoms with Crippen LogP contribution in [0.2, 0.25) is 0 Å². The summed E-state index contributed by atoms with van der Waals surface area (Å²) in [5, 5.41) is 7.66. The van der Waals surface area contributed by atoms with Crippen LogP contribution in [0.15, 0.2) is 45.9 Å². The highest BCUT2D eigenvalue weighted by Gasteiger charge is 2.17. The van der Waals surface area contributed by atoms with E-state index in [9.17, 15) is 13.2 Å². The molecule has 0 aliphatic carbocycles. The van der Waals surface area contributed by atoms with Gasteiger partial charge in [0.1, 0.15) is 10.6 Å². The number of sulfonamides is 1. The third-order valence-corrected chi connectivity index (χ3v) is 4.05. The molecule has 2 aromatic rings. The standard InChI is InChI=1S/C12H12BrN3O3S/c1-16-7-8(13)6-10(16)12(17)15-9-4-2-3-5-11(9)20(14,18)19/h2-7H,1H3,(H,15,17)(H2,14,18,19). The lowest BCUT2D eigenvalue weighted by Gasteiger charge is -2.09. The third-order valence-electron chi connectivity index (χ3n) is 2.65. The number of aromatic nitrogens is 1. The molecule has 1 aromatic heterocycles. The predicted molar refractivity (Wildman–Crippen MR) is 78.9 cm³/mol. The maximum atomic E-state index is 12.1. The average Bonchev–Trinajstić information content (AvgIpc) is 2.68. The number of hydrogen-bond acceptors (Lipinski definition) is 3. The molecular weight excluding hydrogens is 346 g/mol. The first-order valence-electron chi connectivity index (χ1n) is 5.54. The Morgan fingerprint density at radius 2 is 2.00 bits per heavy atom. The Morgan fingerprint density at radius 1 is 1.35 bits per heavy atom. The summed E-state index contributed by atoms with van der Waals surface area (Å²) in [5.41, 5.74) is 0.540. The van der Waals surface area contributed by atoms with Gasteiger partial charge >= 0.3 is 0 Å². The van der Waals surface area contributed by atoms with Crippen molar-refractivity contribution in [1.82, 2.24) is 4.57 Å². The van der Waals surface area contributed by atoms with Crippen LogP contribution >= 0.6 is 15.9 Å². The van der Waals surface area contributed by atoms with Crippen LogP contribution in [0.4, 0.5) is 5.69 Å². The highest BCUT2D eigenvalue weighted by molar-refractivity contribution is 9.10. The number of primary sulfonamides is 1. The molecule has 0 fully saturated rings. The molecule has 1 amide bonds. The molecule has 3 N–H and O–H groups in total. The Morgan fingerprint density at radius 3 is 2.55 bits per heavy atom. The van der Waals surface area contributed by atoms with Crippen LogP contribution in [-0.4, -0.2) is 18.9 Å². The number of nitrogens with zero attached hydrogens (tertiary/aromatic N) is 1. The van der Waals surface area contributed by atoms with Crippen molar-refractivity contribution in [2.24, 2.45) is 12.2 Å². The van der Waals surface area contributed by atoms with Crippen LogP contribution in [0.1, 0.15) is 10.5 Å². The van der Waals surface area contributed by atoms with E-state index in [0.717, 1.165) is 4.47 Å². The number of benzene rings is 1. The van der Waals surface area contributed by atoms with Crippen molar-refractivity contribution in [3.63, 3.8) is 0 Å². The van der Waals surface area contributed by atoms with E-state index >= 15 is 0 Å². The number of anilines is 1. The Kier molecular flexibility index (Phi) is 3.98. The largest absolute Gasteiger partial charge is 0.345 e. The van der Waals surface area contributed by atoms with E-state index < -0.39 is 15.9 Å². The van der Waals surface area contributed by atoms with Crippen LogP contribution in [-0.2, 0) is 17.1 Å². The van der Waals surface area contributed by atoms with Crippen molar-refractivity contribution >= 4 is 37.5 Å². The first-order chi connectivity index (χ1) is 9.29. The van der Waals surface area contributed by atoms with Crippen LogP contribution < -0.4 is 10.5 Å². The van der Waals surface area contributed by atoms with Gasteiger partial charge in [0.15, 0.2) is 0 Å². The summed E-state index contributed by atoms with van der Waals surface area (Å²) in [7, 11) is -2.18. The second-order valence-corrected chi connectivity index (χ2v) is 6.60. The maximum Gasteiger partial charge on any atom is 0.272 e. The molecule has 20 heavy (non-hydrogen) atoms. The number of carbonyl (C=O) groups excluding carboxylic acids is 1.